The number of methoxy groups -OCH3 is 1. The van der Waals surface area contributed by atoms with E-state index < -0.39 is 0 Å². The van der Waals surface area contributed by atoms with Crippen LogP contribution >= 0.6 is 23.1 Å². The molecule has 1 atom stereocenters. The minimum Gasteiger partial charge on any atom is -0.497 e. The van der Waals surface area contributed by atoms with Crippen LogP contribution in [-0.4, -0.2) is 44.4 Å². The molecule has 164 valence electrons. The van der Waals surface area contributed by atoms with E-state index in [1.165, 1.54) is 23.1 Å². The quantitative estimate of drug-likeness (QED) is 0.472. The van der Waals surface area contributed by atoms with Crippen molar-refractivity contribution in [3.05, 3.63) is 47.2 Å². The van der Waals surface area contributed by atoms with Gasteiger partial charge < -0.3 is 19.9 Å². The van der Waals surface area contributed by atoms with Crippen LogP contribution in [0.4, 0.5) is 5.13 Å². The van der Waals surface area contributed by atoms with Gasteiger partial charge in [0.05, 0.1) is 18.9 Å². The predicted molar refractivity (Wildman–Crippen MR) is 121 cm³/mol. The minimum absolute atomic E-state index is 0.0798. The fraction of sp³-hybridized carbons (Fsp3) is 0.350. The molecule has 0 aliphatic rings. The van der Waals surface area contributed by atoms with Gasteiger partial charge in [0.15, 0.2) is 16.1 Å². The molecule has 3 rings (SSSR count). The lowest BCUT2D eigenvalue weighted by Gasteiger charge is -2.21. The first-order valence-corrected chi connectivity index (χ1v) is 11.4. The summed E-state index contributed by atoms with van der Waals surface area (Å²) in [5, 5.41) is 17.2. The standard InChI is InChI=1S/C20H24N6O3S2/c1-12(2)16(23-18(28)13-5-7-14(29-4)8-6-13)17-24-25-20(26(17)3)31-11-15(27)22-19-21-9-10-30-19/h5-10,12,16H,11H2,1-4H3,(H,23,28)(H,21,22,27). The molecule has 2 aromatic heterocycles. The zero-order valence-corrected chi connectivity index (χ0v) is 19.3. The van der Waals surface area contributed by atoms with Crippen molar-refractivity contribution in [3.8, 4) is 5.75 Å². The second-order valence-electron chi connectivity index (χ2n) is 7.00. The van der Waals surface area contributed by atoms with Crippen molar-refractivity contribution in [2.24, 2.45) is 13.0 Å². The lowest BCUT2D eigenvalue weighted by Crippen LogP contribution is -2.33. The van der Waals surface area contributed by atoms with Crippen LogP contribution in [0, 0.1) is 5.92 Å². The summed E-state index contributed by atoms with van der Waals surface area (Å²) in [6, 6.07) is 6.57. The van der Waals surface area contributed by atoms with Crippen LogP contribution in [0.15, 0.2) is 41.0 Å². The van der Waals surface area contributed by atoms with E-state index in [0.717, 1.165) is 0 Å². The lowest BCUT2D eigenvalue weighted by molar-refractivity contribution is -0.113. The maximum absolute atomic E-state index is 12.7. The monoisotopic (exact) mass is 460 g/mol. The van der Waals surface area contributed by atoms with Gasteiger partial charge in [-0.15, -0.1) is 21.5 Å². The van der Waals surface area contributed by atoms with Crippen LogP contribution in [0.2, 0.25) is 0 Å². The number of anilines is 1. The van der Waals surface area contributed by atoms with Crippen molar-refractivity contribution >= 4 is 40.0 Å². The number of nitrogens with zero attached hydrogens (tertiary/aromatic N) is 4. The Labute approximate surface area is 188 Å². The van der Waals surface area contributed by atoms with E-state index in [2.05, 4.69) is 25.8 Å². The molecular weight excluding hydrogens is 436 g/mol. The van der Waals surface area contributed by atoms with Crippen LogP contribution in [0.25, 0.3) is 0 Å². The molecule has 0 fully saturated rings. The third-order valence-corrected chi connectivity index (χ3v) is 6.17. The molecule has 0 saturated heterocycles. The number of benzene rings is 1. The molecule has 2 N–H and O–H groups in total. The Kier molecular flexibility index (Phi) is 7.64. The summed E-state index contributed by atoms with van der Waals surface area (Å²) in [5.74, 6) is 1.19. The molecule has 0 aliphatic heterocycles. The third-order valence-electron chi connectivity index (χ3n) is 4.46. The Morgan fingerprint density at radius 1 is 1.23 bits per heavy atom. The summed E-state index contributed by atoms with van der Waals surface area (Å²) in [4.78, 5) is 28.9. The minimum atomic E-state index is -0.342. The maximum atomic E-state index is 12.7. The van der Waals surface area contributed by atoms with Crippen molar-refractivity contribution in [1.29, 1.82) is 0 Å². The second-order valence-corrected chi connectivity index (χ2v) is 8.83. The molecule has 9 nitrogen and oxygen atoms in total. The second kappa shape index (κ2) is 10.4. The number of thioether (sulfide) groups is 1. The van der Waals surface area contributed by atoms with Crippen molar-refractivity contribution in [3.63, 3.8) is 0 Å². The zero-order chi connectivity index (χ0) is 22.4. The normalized spacial score (nSPS) is 11.9. The molecule has 2 amide bonds. The summed E-state index contributed by atoms with van der Waals surface area (Å²) in [6.07, 6.45) is 1.63. The van der Waals surface area contributed by atoms with E-state index in [4.69, 9.17) is 4.74 Å². The van der Waals surface area contributed by atoms with Crippen LogP contribution in [0.3, 0.4) is 0 Å². The molecule has 2 heterocycles. The molecule has 11 heteroatoms. The van der Waals surface area contributed by atoms with Gasteiger partial charge in [-0.1, -0.05) is 25.6 Å². The van der Waals surface area contributed by atoms with Gasteiger partial charge in [0.1, 0.15) is 5.75 Å². The summed E-state index contributed by atoms with van der Waals surface area (Å²) in [6.45, 7) is 4.00. The largest absolute Gasteiger partial charge is 0.497 e. The number of thiazole rings is 1. The van der Waals surface area contributed by atoms with Crippen molar-refractivity contribution in [1.82, 2.24) is 25.1 Å². The van der Waals surface area contributed by atoms with Crippen LogP contribution in [-0.2, 0) is 11.8 Å². The average Bonchev–Trinajstić information content (AvgIpc) is 3.40. The van der Waals surface area contributed by atoms with E-state index in [0.29, 0.717) is 27.4 Å². The van der Waals surface area contributed by atoms with E-state index in [1.54, 1.807) is 47.5 Å². The van der Waals surface area contributed by atoms with Crippen molar-refractivity contribution < 1.29 is 14.3 Å². The molecule has 0 spiro atoms. The van der Waals surface area contributed by atoms with Gasteiger partial charge in [0, 0.05) is 24.2 Å². The number of rotatable bonds is 9. The number of amides is 2. The van der Waals surface area contributed by atoms with Crippen LogP contribution in [0.1, 0.15) is 36.1 Å². The molecule has 31 heavy (non-hydrogen) atoms. The summed E-state index contributed by atoms with van der Waals surface area (Å²) >= 11 is 2.63. The van der Waals surface area contributed by atoms with E-state index in [-0.39, 0.29) is 29.5 Å². The molecule has 0 radical (unpaired) electrons. The topological polar surface area (TPSA) is 111 Å². The number of aromatic nitrogens is 4. The molecule has 0 bridgehead atoms. The highest BCUT2D eigenvalue weighted by molar-refractivity contribution is 7.99. The molecule has 1 aromatic carbocycles. The van der Waals surface area contributed by atoms with Gasteiger partial charge in [-0.25, -0.2) is 4.98 Å². The van der Waals surface area contributed by atoms with Crippen molar-refractivity contribution in [2.45, 2.75) is 25.0 Å². The van der Waals surface area contributed by atoms with Crippen molar-refractivity contribution in [2.75, 3.05) is 18.2 Å². The van der Waals surface area contributed by atoms with Gasteiger partial charge >= 0.3 is 0 Å². The fourth-order valence-electron chi connectivity index (χ4n) is 2.79. The number of ether oxygens (including phenoxy) is 1. The third kappa shape index (κ3) is 5.82. The number of carbonyl (C=O) groups is 2. The molecule has 1 unspecified atom stereocenters. The highest BCUT2D eigenvalue weighted by Gasteiger charge is 2.25. The molecular formula is C20H24N6O3S2. The van der Waals surface area contributed by atoms with E-state index in [1.807, 2.05) is 20.9 Å². The Balaban J connectivity index is 1.66. The van der Waals surface area contributed by atoms with Crippen LogP contribution in [0.5, 0.6) is 5.75 Å². The number of carbonyl (C=O) groups excluding carboxylic acids is 2. The Hall–Kier alpha value is -2.92. The van der Waals surface area contributed by atoms with Gasteiger partial charge in [0.25, 0.3) is 5.91 Å². The van der Waals surface area contributed by atoms with Gasteiger partial charge in [-0.05, 0) is 30.2 Å². The maximum Gasteiger partial charge on any atom is 0.251 e. The highest BCUT2D eigenvalue weighted by Crippen LogP contribution is 2.25. The first kappa shape index (κ1) is 22.8. The Bertz CT molecular complexity index is 1020. The first-order valence-electron chi connectivity index (χ1n) is 9.55. The first-order chi connectivity index (χ1) is 14.9. The molecule has 0 saturated carbocycles. The van der Waals surface area contributed by atoms with E-state index in [9.17, 15) is 9.59 Å². The Morgan fingerprint density at radius 3 is 2.58 bits per heavy atom. The molecule has 3 aromatic rings. The van der Waals surface area contributed by atoms with Gasteiger partial charge in [-0.3, -0.25) is 9.59 Å². The van der Waals surface area contributed by atoms with Gasteiger partial charge in [0.2, 0.25) is 5.91 Å². The average molecular weight is 461 g/mol. The highest BCUT2D eigenvalue weighted by atomic mass is 32.2. The summed E-state index contributed by atoms with van der Waals surface area (Å²) in [5.41, 5.74) is 0.530. The molecule has 0 aliphatic carbocycles. The zero-order valence-electron chi connectivity index (χ0n) is 17.7. The van der Waals surface area contributed by atoms with Gasteiger partial charge in [-0.2, -0.15) is 0 Å². The van der Waals surface area contributed by atoms with Crippen LogP contribution < -0.4 is 15.4 Å². The smallest absolute Gasteiger partial charge is 0.251 e. The fourth-order valence-corrected chi connectivity index (χ4v) is 4.05. The SMILES string of the molecule is COc1ccc(C(=O)NC(c2nnc(SCC(=O)Nc3nccs3)n2C)C(C)C)cc1. The number of hydrogen-bond acceptors (Lipinski definition) is 8. The Morgan fingerprint density at radius 2 is 1.97 bits per heavy atom. The summed E-state index contributed by atoms with van der Waals surface area (Å²) in [7, 11) is 3.40. The number of nitrogens with one attached hydrogen (secondary N) is 2. The van der Waals surface area contributed by atoms with E-state index >= 15 is 0 Å². The summed E-state index contributed by atoms with van der Waals surface area (Å²) < 4.78 is 6.94. The number of hydrogen-bond donors (Lipinski definition) is 2. The lowest BCUT2D eigenvalue weighted by atomic mass is 10.0. The predicted octanol–water partition coefficient (Wildman–Crippen LogP) is 3.14.